The molecule has 2 aromatic rings. The number of hydrogen-bond acceptors (Lipinski definition) is 7. The number of esters is 3. The topological polar surface area (TPSA) is 88.1 Å². The third-order valence-electron chi connectivity index (χ3n) is 11.5. The number of fused-ring (bicyclic) bond motifs is 1. The van der Waals surface area contributed by atoms with Crippen LogP contribution in [0.15, 0.2) is 84.5 Å². The molecule has 1 aliphatic heterocycles. The van der Waals surface area contributed by atoms with Crippen LogP contribution < -0.4 is 10.4 Å². The fraction of sp³-hybridized carbons (Fsp3) is 0.525. The van der Waals surface area contributed by atoms with E-state index in [0.717, 1.165) is 24.8 Å². The van der Waals surface area contributed by atoms with Crippen LogP contribution in [0.5, 0.6) is 0 Å². The van der Waals surface area contributed by atoms with Crippen LogP contribution in [0.1, 0.15) is 80.6 Å². The van der Waals surface area contributed by atoms with Crippen LogP contribution in [0.4, 0.5) is 0 Å². The van der Waals surface area contributed by atoms with Crippen molar-refractivity contribution in [1.82, 2.24) is 0 Å². The van der Waals surface area contributed by atoms with Crippen LogP contribution in [-0.4, -0.2) is 51.6 Å². The van der Waals surface area contributed by atoms with E-state index in [1.54, 1.807) is 0 Å². The number of ether oxygens (including phenoxy) is 3. The molecule has 1 heterocycles. The third-order valence-corrected chi connectivity index (χ3v) is 16.5. The van der Waals surface area contributed by atoms with Gasteiger partial charge in [0, 0.05) is 25.9 Å². The van der Waals surface area contributed by atoms with Crippen LogP contribution in [0.25, 0.3) is 0 Å². The molecular formula is C40H52O7Si. The molecule has 2 aliphatic carbocycles. The van der Waals surface area contributed by atoms with Crippen molar-refractivity contribution in [1.29, 1.82) is 0 Å². The average molecular weight is 673 g/mol. The molecule has 0 spiro atoms. The zero-order valence-electron chi connectivity index (χ0n) is 29.7. The Morgan fingerprint density at radius 2 is 1.54 bits per heavy atom. The molecule has 48 heavy (non-hydrogen) atoms. The van der Waals surface area contributed by atoms with E-state index < -0.39 is 31.8 Å². The van der Waals surface area contributed by atoms with Gasteiger partial charge in [-0.25, -0.2) is 4.79 Å². The van der Waals surface area contributed by atoms with E-state index >= 15 is 0 Å². The second kappa shape index (κ2) is 13.8. The maximum absolute atomic E-state index is 12.7. The molecule has 0 radical (unpaired) electrons. The van der Waals surface area contributed by atoms with Gasteiger partial charge in [-0.1, -0.05) is 114 Å². The Balaban J connectivity index is 1.55. The molecule has 0 N–H and O–H groups in total. The van der Waals surface area contributed by atoms with Gasteiger partial charge in [-0.2, -0.15) is 0 Å². The summed E-state index contributed by atoms with van der Waals surface area (Å²) in [7, 11) is -2.88. The molecule has 3 fully saturated rings. The number of allylic oxidation sites excluding steroid dienone is 2. The van der Waals surface area contributed by atoms with Crippen molar-refractivity contribution in [2.45, 2.75) is 97.8 Å². The fourth-order valence-electron chi connectivity index (χ4n) is 9.23. The third kappa shape index (κ3) is 6.58. The van der Waals surface area contributed by atoms with E-state index in [9.17, 15) is 14.4 Å². The minimum absolute atomic E-state index is 0.0392. The van der Waals surface area contributed by atoms with E-state index in [-0.39, 0.29) is 41.0 Å². The molecule has 0 amide bonds. The van der Waals surface area contributed by atoms with E-state index in [2.05, 4.69) is 89.7 Å². The highest BCUT2D eigenvalue weighted by Crippen LogP contribution is 2.63. The van der Waals surface area contributed by atoms with Crippen molar-refractivity contribution < 1.29 is 33.0 Å². The van der Waals surface area contributed by atoms with Gasteiger partial charge in [0.25, 0.3) is 8.32 Å². The molecule has 258 valence electrons. The van der Waals surface area contributed by atoms with E-state index in [1.807, 2.05) is 18.2 Å². The first kappa shape index (κ1) is 35.8. The van der Waals surface area contributed by atoms with Gasteiger partial charge in [0.15, 0.2) is 6.10 Å². The monoisotopic (exact) mass is 672 g/mol. The van der Waals surface area contributed by atoms with Crippen molar-refractivity contribution in [2.24, 2.45) is 22.7 Å². The zero-order chi connectivity index (χ0) is 34.9. The van der Waals surface area contributed by atoms with E-state index in [4.69, 9.17) is 18.6 Å². The summed E-state index contributed by atoms with van der Waals surface area (Å²) < 4.78 is 24.4. The summed E-state index contributed by atoms with van der Waals surface area (Å²) in [6.07, 6.45) is 4.75. The van der Waals surface area contributed by atoms with Gasteiger partial charge < -0.3 is 18.6 Å². The summed E-state index contributed by atoms with van der Waals surface area (Å²) in [6.45, 7) is 19.3. The summed E-state index contributed by atoms with van der Waals surface area (Å²) >= 11 is 0. The molecule has 1 saturated heterocycles. The highest BCUT2D eigenvalue weighted by Gasteiger charge is 2.61. The molecule has 6 atom stereocenters. The smallest absolute Gasteiger partial charge is 0.337 e. The molecule has 2 aromatic carbocycles. The first-order chi connectivity index (χ1) is 22.6. The van der Waals surface area contributed by atoms with Crippen molar-refractivity contribution in [3.63, 3.8) is 0 Å². The van der Waals surface area contributed by atoms with Crippen molar-refractivity contribution in [2.75, 3.05) is 13.2 Å². The molecule has 0 unspecified atom stereocenters. The summed E-state index contributed by atoms with van der Waals surface area (Å²) in [6, 6.07) is 21.3. The standard InChI is InChI=1S/C40H52O7Si/c1-27-19-22-35-39(7,33(27)21-20-32-34(46-28(2)41)25-44-37(32)43)24-23-36(47-29(3)42)40(35,8)26-45-48(38(4,5)6,30-15-11-9-12-16-30)31-17-13-10-14-18-31/h9-18,20,33-36H,1,19,21-26H2,2-8H3/b32-20+/t33-,34-,35+,36-,39+,40+/m1/s1. The average Bonchev–Trinajstić information content (AvgIpc) is 3.36. The van der Waals surface area contributed by atoms with Gasteiger partial charge >= 0.3 is 17.9 Å². The largest absolute Gasteiger partial charge is 0.462 e. The van der Waals surface area contributed by atoms with Crippen LogP contribution in [0, 0.1) is 22.7 Å². The van der Waals surface area contributed by atoms with Crippen LogP contribution in [0.3, 0.4) is 0 Å². The first-order valence-corrected chi connectivity index (χ1v) is 19.2. The van der Waals surface area contributed by atoms with Crippen LogP contribution in [-0.2, 0) is 33.0 Å². The lowest BCUT2D eigenvalue weighted by Crippen LogP contribution is -2.68. The predicted molar refractivity (Wildman–Crippen MR) is 189 cm³/mol. The minimum Gasteiger partial charge on any atom is -0.462 e. The molecule has 0 bridgehead atoms. The van der Waals surface area contributed by atoms with E-state index in [1.165, 1.54) is 24.2 Å². The van der Waals surface area contributed by atoms with Gasteiger partial charge in [0.05, 0.1) is 5.57 Å². The van der Waals surface area contributed by atoms with Gasteiger partial charge in [-0.05, 0) is 64.8 Å². The quantitative estimate of drug-likeness (QED) is 0.0965. The Morgan fingerprint density at radius 1 is 0.958 bits per heavy atom. The minimum atomic E-state index is -2.88. The van der Waals surface area contributed by atoms with Crippen LogP contribution >= 0.6 is 0 Å². The molecule has 5 rings (SSSR count). The summed E-state index contributed by atoms with van der Waals surface area (Å²) in [5.41, 5.74) is 0.855. The summed E-state index contributed by atoms with van der Waals surface area (Å²) in [4.78, 5) is 37.0. The Kier molecular flexibility index (Phi) is 10.3. The molecule has 7 nitrogen and oxygen atoms in total. The van der Waals surface area contributed by atoms with Gasteiger partial charge in [-0.15, -0.1) is 0 Å². The van der Waals surface area contributed by atoms with E-state index in [0.29, 0.717) is 25.0 Å². The summed E-state index contributed by atoms with van der Waals surface area (Å²) in [5.74, 6) is -0.945. The highest BCUT2D eigenvalue weighted by atomic mass is 28.4. The van der Waals surface area contributed by atoms with Gasteiger partial charge in [-0.3, -0.25) is 9.59 Å². The van der Waals surface area contributed by atoms with Crippen molar-refractivity contribution in [3.8, 4) is 0 Å². The maximum Gasteiger partial charge on any atom is 0.337 e. The Morgan fingerprint density at radius 3 is 2.08 bits per heavy atom. The Hall–Kier alpha value is -3.49. The predicted octanol–water partition coefficient (Wildman–Crippen LogP) is 6.69. The number of carbonyl (C=O) groups excluding carboxylic acids is 3. The van der Waals surface area contributed by atoms with Crippen molar-refractivity contribution in [3.05, 3.63) is 84.5 Å². The second-order valence-electron chi connectivity index (χ2n) is 15.5. The lowest BCUT2D eigenvalue weighted by Gasteiger charge is -2.61. The van der Waals surface area contributed by atoms with Crippen LogP contribution in [0.2, 0.25) is 5.04 Å². The lowest BCUT2D eigenvalue weighted by molar-refractivity contribution is -0.183. The molecule has 3 aliphatic rings. The second-order valence-corrected chi connectivity index (χ2v) is 19.8. The number of benzene rings is 2. The van der Waals surface area contributed by atoms with Crippen molar-refractivity contribution >= 4 is 36.6 Å². The first-order valence-electron chi connectivity index (χ1n) is 17.3. The zero-order valence-corrected chi connectivity index (χ0v) is 30.7. The number of cyclic esters (lactones) is 1. The highest BCUT2D eigenvalue weighted by molar-refractivity contribution is 6.99. The fourth-order valence-corrected chi connectivity index (χ4v) is 13.9. The molecule has 0 aromatic heterocycles. The molecule has 2 saturated carbocycles. The molecular weight excluding hydrogens is 621 g/mol. The SMILES string of the molecule is C=C1CC[C@@H]2[C@](C)(CO[Si](c3ccccc3)(c3ccccc3)C(C)(C)C)[C@H](OC(C)=O)CC[C@@]2(C)[C@@H]1C/C=C1/C(=O)OC[C@H]1OC(C)=O. The Bertz CT molecular complexity index is 1500. The Labute approximate surface area is 287 Å². The number of rotatable bonds is 9. The lowest BCUT2D eigenvalue weighted by atomic mass is 9.46. The number of hydrogen-bond donors (Lipinski definition) is 0. The van der Waals surface area contributed by atoms with Gasteiger partial charge in [0.1, 0.15) is 12.7 Å². The molecule has 8 heteroatoms. The number of carbonyl (C=O) groups is 3. The van der Waals surface area contributed by atoms with Gasteiger partial charge in [0.2, 0.25) is 0 Å². The normalized spacial score (nSPS) is 30.0. The summed E-state index contributed by atoms with van der Waals surface area (Å²) in [5, 5.41) is 2.22. The maximum atomic E-state index is 12.7.